The van der Waals surface area contributed by atoms with Gasteiger partial charge in [-0.25, -0.2) is 18.5 Å². The van der Waals surface area contributed by atoms with Crippen molar-refractivity contribution in [2.45, 2.75) is 11.3 Å². The molecule has 0 radical (unpaired) electrons. The smallest absolute Gasteiger partial charge is 0.224 e. The molecule has 6 heteroatoms. The van der Waals surface area contributed by atoms with Crippen LogP contribution >= 0.6 is 11.3 Å². The number of hydrogen-bond acceptors (Lipinski definition) is 4. The standard InChI is InChI=1S/C10H10N2O2S2/c1-7-9(8-5-3-2-4-6-8)12-10(15-7)16(11,13)14/h2-6H,1H3,(H2,11,13,14). The Morgan fingerprint density at radius 1 is 1.25 bits per heavy atom. The number of thiazole rings is 1. The van der Waals surface area contributed by atoms with Crippen LogP contribution in [0.5, 0.6) is 0 Å². The number of aryl methyl sites for hydroxylation is 1. The molecule has 16 heavy (non-hydrogen) atoms. The highest BCUT2D eigenvalue weighted by Crippen LogP contribution is 2.28. The molecule has 2 N–H and O–H groups in total. The van der Waals surface area contributed by atoms with Crippen molar-refractivity contribution in [3.8, 4) is 11.3 Å². The zero-order valence-corrected chi connectivity index (χ0v) is 10.2. The zero-order valence-electron chi connectivity index (χ0n) is 8.54. The van der Waals surface area contributed by atoms with Crippen molar-refractivity contribution in [1.82, 2.24) is 4.98 Å². The Morgan fingerprint density at radius 3 is 2.38 bits per heavy atom. The first-order chi connectivity index (χ1) is 7.48. The van der Waals surface area contributed by atoms with Crippen LogP contribution in [0.3, 0.4) is 0 Å². The molecule has 2 rings (SSSR count). The molecule has 0 spiro atoms. The van der Waals surface area contributed by atoms with E-state index in [0.29, 0.717) is 5.69 Å². The van der Waals surface area contributed by atoms with E-state index >= 15 is 0 Å². The number of primary sulfonamides is 1. The number of sulfonamides is 1. The summed E-state index contributed by atoms with van der Waals surface area (Å²) in [6, 6.07) is 9.42. The first-order valence-corrected chi connectivity index (χ1v) is 6.90. The maximum atomic E-state index is 11.2. The Hall–Kier alpha value is -1.24. The van der Waals surface area contributed by atoms with Gasteiger partial charge < -0.3 is 0 Å². The maximum absolute atomic E-state index is 11.2. The largest absolute Gasteiger partial charge is 0.265 e. The Bertz CT molecular complexity index is 603. The minimum atomic E-state index is -3.71. The molecule has 84 valence electrons. The molecule has 0 saturated carbocycles. The summed E-state index contributed by atoms with van der Waals surface area (Å²) in [5, 5.41) is 5.04. The summed E-state index contributed by atoms with van der Waals surface area (Å²) in [5.41, 5.74) is 1.57. The summed E-state index contributed by atoms with van der Waals surface area (Å²) in [5.74, 6) is 0. The summed E-state index contributed by atoms with van der Waals surface area (Å²) in [6.45, 7) is 1.83. The summed E-state index contributed by atoms with van der Waals surface area (Å²) >= 11 is 1.09. The second-order valence-electron chi connectivity index (χ2n) is 3.30. The van der Waals surface area contributed by atoms with Crippen LogP contribution in [0, 0.1) is 6.92 Å². The molecule has 2 aromatic rings. The van der Waals surface area contributed by atoms with E-state index in [0.717, 1.165) is 21.8 Å². The Labute approximate surface area is 97.8 Å². The summed E-state index contributed by atoms with van der Waals surface area (Å²) in [7, 11) is -3.71. The molecular formula is C10H10N2O2S2. The highest BCUT2D eigenvalue weighted by atomic mass is 32.2. The van der Waals surface area contributed by atoms with Gasteiger partial charge in [-0.3, -0.25) is 0 Å². The van der Waals surface area contributed by atoms with Gasteiger partial charge in [-0.15, -0.1) is 11.3 Å². The predicted molar refractivity (Wildman–Crippen MR) is 63.7 cm³/mol. The van der Waals surface area contributed by atoms with Crippen molar-refractivity contribution in [2.24, 2.45) is 5.14 Å². The first-order valence-electron chi connectivity index (χ1n) is 4.54. The highest BCUT2D eigenvalue weighted by molar-refractivity contribution is 7.91. The third kappa shape index (κ3) is 2.13. The normalized spacial score (nSPS) is 11.6. The van der Waals surface area contributed by atoms with E-state index in [4.69, 9.17) is 5.14 Å². The molecule has 0 unspecified atom stereocenters. The molecule has 4 nitrogen and oxygen atoms in total. The molecule has 1 heterocycles. The lowest BCUT2D eigenvalue weighted by Gasteiger charge is -1.96. The summed E-state index contributed by atoms with van der Waals surface area (Å²) < 4.78 is 22.3. The van der Waals surface area contributed by atoms with Crippen LogP contribution in [0.15, 0.2) is 34.7 Å². The lowest BCUT2D eigenvalue weighted by molar-refractivity contribution is 0.597. The number of benzene rings is 1. The fourth-order valence-electron chi connectivity index (χ4n) is 1.36. The van der Waals surface area contributed by atoms with Crippen LogP contribution in [0.4, 0.5) is 0 Å². The Morgan fingerprint density at radius 2 is 1.88 bits per heavy atom. The van der Waals surface area contributed by atoms with Crippen molar-refractivity contribution in [1.29, 1.82) is 0 Å². The number of nitrogens with two attached hydrogens (primary N) is 1. The van der Waals surface area contributed by atoms with E-state index in [1.807, 2.05) is 37.3 Å². The first kappa shape index (κ1) is 11.3. The highest BCUT2D eigenvalue weighted by Gasteiger charge is 2.17. The molecule has 0 saturated heterocycles. The van der Waals surface area contributed by atoms with E-state index in [1.54, 1.807) is 0 Å². The summed E-state index contributed by atoms with van der Waals surface area (Å²) in [4.78, 5) is 4.90. The van der Waals surface area contributed by atoms with Crippen molar-refractivity contribution < 1.29 is 8.42 Å². The third-order valence-corrected chi connectivity index (χ3v) is 4.36. The van der Waals surface area contributed by atoms with Crippen molar-refractivity contribution in [2.75, 3.05) is 0 Å². The SMILES string of the molecule is Cc1sc(S(N)(=O)=O)nc1-c1ccccc1. The van der Waals surface area contributed by atoms with Gasteiger partial charge >= 0.3 is 0 Å². The van der Waals surface area contributed by atoms with Gasteiger partial charge in [0.1, 0.15) is 0 Å². The topological polar surface area (TPSA) is 73.1 Å². The van der Waals surface area contributed by atoms with E-state index < -0.39 is 10.0 Å². The maximum Gasteiger partial charge on any atom is 0.265 e. The lowest BCUT2D eigenvalue weighted by Crippen LogP contribution is -2.11. The van der Waals surface area contributed by atoms with E-state index in [2.05, 4.69) is 4.98 Å². The number of aromatic nitrogens is 1. The minimum Gasteiger partial charge on any atom is -0.224 e. The molecule has 0 aliphatic heterocycles. The van der Waals surface area contributed by atoms with Crippen molar-refractivity contribution in [3.05, 3.63) is 35.2 Å². The van der Waals surface area contributed by atoms with Crippen LogP contribution in [-0.2, 0) is 10.0 Å². The van der Waals surface area contributed by atoms with E-state index in [-0.39, 0.29) is 4.34 Å². The summed E-state index contributed by atoms with van der Waals surface area (Å²) in [6.07, 6.45) is 0. The molecule has 0 amide bonds. The van der Waals surface area contributed by atoms with E-state index in [9.17, 15) is 8.42 Å². The molecule has 0 bridgehead atoms. The van der Waals surface area contributed by atoms with Crippen LogP contribution in [0.2, 0.25) is 0 Å². The van der Waals surface area contributed by atoms with Crippen LogP contribution < -0.4 is 5.14 Å². The van der Waals surface area contributed by atoms with Gasteiger partial charge in [0.25, 0.3) is 10.0 Å². The average molecular weight is 254 g/mol. The molecule has 0 aliphatic rings. The monoisotopic (exact) mass is 254 g/mol. The Kier molecular flexibility index (Phi) is 2.79. The lowest BCUT2D eigenvalue weighted by atomic mass is 10.1. The van der Waals surface area contributed by atoms with Crippen molar-refractivity contribution >= 4 is 21.4 Å². The molecule has 1 aromatic carbocycles. The molecule has 0 aliphatic carbocycles. The number of rotatable bonds is 2. The average Bonchev–Trinajstić information content (AvgIpc) is 2.61. The van der Waals surface area contributed by atoms with Gasteiger partial charge in [0.2, 0.25) is 4.34 Å². The van der Waals surface area contributed by atoms with Gasteiger partial charge in [0.05, 0.1) is 5.69 Å². The van der Waals surface area contributed by atoms with Gasteiger partial charge in [-0.1, -0.05) is 30.3 Å². The predicted octanol–water partition coefficient (Wildman–Crippen LogP) is 1.77. The second kappa shape index (κ2) is 3.97. The second-order valence-corrected chi connectivity index (χ2v) is 6.23. The minimum absolute atomic E-state index is 0.0381. The molecular weight excluding hydrogens is 244 g/mol. The third-order valence-electron chi connectivity index (χ3n) is 2.07. The van der Waals surface area contributed by atoms with Crippen LogP contribution in [0.25, 0.3) is 11.3 Å². The van der Waals surface area contributed by atoms with Crippen LogP contribution in [0.1, 0.15) is 4.88 Å². The van der Waals surface area contributed by atoms with Gasteiger partial charge in [-0.05, 0) is 6.92 Å². The fourth-order valence-corrected chi connectivity index (χ4v) is 3.07. The quantitative estimate of drug-likeness (QED) is 0.887. The molecule has 0 fully saturated rings. The van der Waals surface area contributed by atoms with Gasteiger partial charge in [0.15, 0.2) is 0 Å². The zero-order chi connectivity index (χ0) is 11.8. The fraction of sp³-hybridized carbons (Fsp3) is 0.100. The van der Waals surface area contributed by atoms with E-state index in [1.165, 1.54) is 0 Å². The van der Waals surface area contributed by atoms with Gasteiger partial charge in [0, 0.05) is 10.4 Å². The molecule has 1 aromatic heterocycles. The van der Waals surface area contributed by atoms with Crippen molar-refractivity contribution in [3.63, 3.8) is 0 Å². The van der Waals surface area contributed by atoms with Crippen LogP contribution in [-0.4, -0.2) is 13.4 Å². The molecule has 0 atom stereocenters. The number of nitrogens with zero attached hydrogens (tertiary/aromatic N) is 1. The number of hydrogen-bond donors (Lipinski definition) is 1. The Balaban J connectivity index is 2.57. The van der Waals surface area contributed by atoms with Gasteiger partial charge in [-0.2, -0.15) is 0 Å².